The molecule has 0 aromatic rings. The van der Waals surface area contributed by atoms with Gasteiger partial charge in [0.1, 0.15) is 6.42 Å². The zero-order valence-electron chi connectivity index (χ0n) is 12.0. The van der Waals surface area contributed by atoms with Crippen molar-refractivity contribution in [2.45, 2.75) is 34.1 Å². The van der Waals surface area contributed by atoms with E-state index in [0.717, 1.165) is 19.6 Å². The summed E-state index contributed by atoms with van der Waals surface area (Å²) in [5.74, 6) is -1.00. The van der Waals surface area contributed by atoms with Crippen LogP contribution in [0.2, 0.25) is 0 Å². The lowest BCUT2D eigenvalue weighted by molar-refractivity contribution is -0.144. The predicted octanol–water partition coefficient (Wildman–Crippen LogP) is 1.29. The van der Waals surface area contributed by atoms with Gasteiger partial charge in [-0.2, -0.15) is 0 Å². The number of aliphatic carboxylic acids is 1. The highest BCUT2D eigenvalue weighted by Crippen LogP contribution is 2.02. The molecule has 0 aliphatic rings. The highest BCUT2D eigenvalue weighted by atomic mass is 16.4. The standard InChI is InChI=1S/C13H26N2O3/c1-5-14(6-2)7-8-15(10-11(3)4)12(16)9-13(17)18/h11H,5-10H2,1-4H3,(H,17,18). The number of amides is 1. The first kappa shape index (κ1) is 16.9. The van der Waals surface area contributed by atoms with E-state index in [9.17, 15) is 9.59 Å². The first-order chi connectivity index (χ1) is 8.40. The van der Waals surface area contributed by atoms with Gasteiger partial charge in [-0.05, 0) is 19.0 Å². The van der Waals surface area contributed by atoms with Gasteiger partial charge in [-0.3, -0.25) is 9.59 Å². The number of hydrogen-bond donors (Lipinski definition) is 1. The summed E-state index contributed by atoms with van der Waals surface area (Å²) >= 11 is 0. The molecule has 0 fully saturated rings. The smallest absolute Gasteiger partial charge is 0.312 e. The number of nitrogens with zero attached hydrogens (tertiary/aromatic N) is 2. The molecule has 0 aliphatic heterocycles. The minimum atomic E-state index is -1.06. The number of carbonyl (C=O) groups is 2. The monoisotopic (exact) mass is 258 g/mol. The third kappa shape index (κ3) is 7.27. The Morgan fingerprint density at radius 1 is 1.11 bits per heavy atom. The minimum absolute atomic E-state index is 0.289. The molecule has 0 unspecified atom stereocenters. The van der Waals surface area contributed by atoms with Gasteiger partial charge >= 0.3 is 5.97 Å². The molecule has 0 saturated heterocycles. The summed E-state index contributed by atoms with van der Waals surface area (Å²) in [7, 11) is 0. The predicted molar refractivity (Wildman–Crippen MR) is 71.5 cm³/mol. The molecular weight excluding hydrogens is 232 g/mol. The van der Waals surface area contributed by atoms with Crippen molar-refractivity contribution in [3.63, 3.8) is 0 Å². The van der Waals surface area contributed by atoms with Crippen LogP contribution in [0.15, 0.2) is 0 Å². The zero-order valence-corrected chi connectivity index (χ0v) is 12.0. The molecular formula is C13H26N2O3. The average molecular weight is 258 g/mol. The van der Waals surface area contributed by atoms with Gasteiger partial charge in [-0.25, -0.2) is 0 Å². The topological polar surface area (TPSA) is 60.9 Å². The van der Waals surface area contributed by atoms with Crippen molar-refractivity contribution in [3.05, 3.63) is 0 Å². The minimum Gasteiger partial charge on any atom is -0.481 e. The summed E-state index contributed by atoms with van der Waals surface area (Å²) in [5.41, 5.74) is 0. The molecule has 0 saturated carbocycles. The Hall–Kier alpha value is -1.10. The van der Waals surface area contributed by atoms with Crippen LogP contribution < -0.4 is 0 Å². The fraction of sp³-hybridized carbons (Fsp3) is 0.846. The van der Waals surface area contributed by atoms with E-state index in [1.165, 1.54) is 0 Å². The van der Waals surface area contributed by atoms with Gasteiger partial charge in [0.25, 0.3) is 0 Å². The first-order valence-electron chi connectivity index (χ1n) is 6.62. The normalized spacial score (nSPS) is 11.0. The van der Waals surface area contributed by atoms with E-state index in [1.54, 1.807) is 4.90 Å². The van der Waals surface area contributed by atoms with E-state index < -0.39 is 12.4 Å². The third-order valence-corrected chi connectivity index (χ3v) is 2.82. The second-order valence-corrected chi connectivity index (χ2v) is 4.83. The van der Waals surface area contributed by atoms with Crippen LogP contribution in [-0.2, 0) is 9.59 Å². The SMILES string of the molecule is CCN(CC)CCN(CC(C)C)C(=O)CC(=O)O. The van der Waals surface area contributed by atoms with E-state index in [0.29, 0.717) is 19.0 Å². The van der Waals surface area contributed by atoms with Crippen molar-refractivity contribution in [2.75, 3.05) is 32.7 Å². The summed E-state index contributed by atoms with van der Waals surface area (Å²) in [6.07, 6.45) is -0.412. The van der Waals surface area contributed by atoms with Gasteiger partial charge in [-0.15, -0.1) is 0 Å². The Morgan fingerprint density at radius 2 is 1.67 bits per heavy atom. The second kappa shape index (κ2) is 8.91. The van der Waals surface area contributed by atoms with Crippen molar-refractivity contribution >= 4 is 11.9 Å². The lowest BCUT2D eigenvalue weighted by Crippen LogP contribution is -2.41. The largest absolute Gasteiger partial charge is 0.481 e. The molecule has 0 aromatic heterocycles. The Labute approximate surface area is 110 Å². The first-order valence-corrected chi connectivity index (χ1v) is 6.62. The summed E-state index contributed by atoms with van der Waals surface area (Å²) in [5, 5.41) is 8.68. The van der Waals surface area contributed by atoms with Crippen LogP contribution in [0.4, 0.5) is 0 Å². The lowest BCUT2D eigenvalue weighted by atomic mass is 10.2. The van der Waals surface area contributed by atoms with Gasteiger partial charge in [0, 0.05) is 19.6 Å². The molecule has 5 heteroatoms. The molecule has 106 valence electrons. The molecule has 0 heterocycles. The number of likely N-dealkylation sites (N-methyl/N-ethyl adjacent to an activating group) is 1. The molecule has 0 aliphatic carbocycles. The molecule has 0 aromatic carbocycles. The Bertz CT molecular complexity index is 263. The van der Waals surface area contributed by atoms with E-state index in [2.05, 4.69) is 18.7 Å². The maximum Gasteiger partial charge on any atom is 0.312 e. The number of carboxylic acid groups (broad SMARTS) is 1. The molecule has 0 bridgehead atoms. The Kier molecular flexibility index (Phi) is 8.37. The Balaban J connectivity index is 4.38. The molecule has 5 nitrogen and oxygen atoms in total. The maximum atomic E-state index is 11.8. The van der Waals surface area contributed by atoms with Gasteiger partial charge in [0.05, 0.1) is 0 Å². The van der Waals surface area contributed by atoms with Crippen LogP contribution in [0.1, 0.15) is 34.1 Å². The summed E-state index contributed by atoms with van der Waals surface area (Å²) in [6, 6.07) is 0. The quantitative estimate of drug-likeness (QED) is 0.633. The highest BCUT2D eigenvalue weighted by molar-refractivity contribution is 5.93. The maximum absolute atomic E-state index is 11.8. The molecule has 1 N–H and O–H groups in total. The molecule has 1 amide bonds. The van der Waals surface area contributed by atoms with Gasteiger partial charge < -0.3 is 14.9 Å². The van der Waals surface area contributed by atoms with Crippen molar-refractivity contribution in [3.8, 4) is 0 Å². The van der Waals surface area contributed by atoms with Crippen LogP contribution in [0.3, 0.4) is 0 Å². The molecule has 0 rings (SSSR count). The average Bonchev–Trinajstić information content (AvgIpc) is 2.27. The number of hydrogen-bond acceptors (Lipinski definition) is 3. The lowest BCUT2D eigenvalue weighted by Gasteiger charge is -2.27. The van der Waals surface area contributed by atoms with Crippen LogP contribution >= 0.6 is 0 Å². The van der Waals surface area contributed by atoms with E-state index in [4.69, 9.17) is 5.11 Å². The number of carbonyl (C=O) groups excluding carboxylic acids is 1. The highest BCUT2D eigenvalue weighted by Gasteiger charge is 2.18. The van der Waals surface area contributed by atoms with Gasteiger partial charge in [0.2, 0.25) is 5.91 Å². The molecule has 0 spiro atoms. The fourth-order valence-corrected chi connectivity index (χ4v) is 1.80. The number of carboxylic acids is 1. The summed E-state index contributed by atoms with van der Waals surface area (Å²) in [6.45, 7) is 12.1. The molecule has 18 heavy (non-hydrogen) atoms. The second-order valence-electron chi connectivity index (χ2n) is 4.83. The van der Waals surface area contributed by atoms with E-state index >= 15 is 0 Å². The van der Waals surface area contributed by atoms with Gasteiger partial charge in [0.15, 0.2) is 0 Å². The van der Waals surface area contributed by atoms with Crippen molar-refractivity contribution in [2.24, 2.45) is 5.92 Å². The van der Waals surface area contributed by atoms with Crippen LogP contribution in [0, 0.1) is 5.92 Å². The van der Waals surface area contributed by atoms with Crippen molar-refractivity contribution < 1.29 is 14.7 Å². The van der Waals surface area contributed by atoms with Crippen molar-refractivity contribution in [1.29, 1.82) is 0 Å². The van der Waals surface area contributed by atoms with Gasteiger partial charge in [-0.1, -0.05) is 27.7 Å². The Morgan fingerprint density at radius 3 is 2.06 bits per heavy atom. The zero-order chi connectivity index (χ0) is 14.1. The van der Waals surface area contributed by atoms with Crippen LogP contribution in [0.5, 0.6) is 0 Å². The molecule has 0 atom stereocenters. The van der Waals surface area contributed by atoms with Crippen LogP contribution in [-0.4, -0.2) is 59.5 Å². The van der Waals surface area contributed by atoms with E-state index in [-0.39, 0.29) is 5.91 Å². The summed E-state index contributed by atoms with van der Waals surface area (Å²) < 4.78 is 0. The number of rotatable bonds is 9. The molecule has 0 radical (unpaired) electrons. The van der Waals surface area contributed by atoms with Crippen LogP contribution in [0.25, 0.3) is 0 Å². The van der Waals surface area contributed by atoms with Crippen molar-refractivity contribution in [1.82, 2.24) is 9.80 Å². The summed E-state index contributed by atoms with van der Waals surface area (Å²) in [4.78, 5) is 26.3. The fourth-order valence-electron chi connectivity index (χ4n) is 1.80. The third-order valence-electron chi connectivity index (χ3n) is 2.82. The van der Waals surface area contributed by atoms with E-state index in [1.807, 2.05) is 13.8 Å².